The van der Waals surface area contributed by atoms with E-state index in [2.05, 4.69) is 10.6 Å². The molecule has 0 aliphatic carbocycles. The van der Waals surface area contributed by atoms with Crippen LogP contribution in [0.2, 0.25) is 0 Å². The van der Waals surface area contributed by atoms with E-state index in [1.54, 1.807) is 18.2 Å². The Bertz CT molecular complexity index is 969. The second-order valence-corrected chi connectivity index (χ2v) is 6.31. The molecule has 0 radical (unpaired) electrons. The predicted molar refractivity (Wildman–Crippen MR) is 98.8 cm³/mol. The van der Waals surface area contributed by atoms with Crippen LogP contribution in [0.3, 0.4) is 0 Å². The van der Waals surface area contributed by atoms with Crippen molar-refractivity contribution in [2.45, 2.75) is 0 Å². The number of hydrogen-bond acceptors (Lipinski definition) is 5. The molecule has 1 heterocycles. The second-order valence-electron chi connectivity index (χ2n) is 5.25. The highest BCUT2D eigenvalue weighted by molar-refractivity contribution is 7.21. The number of thiophene rings is 1. The maximum atomic E-state index is 12.9. The first kappa shape index (κ1) is 17.7. The number of benzene rings is 2. The number of nitrogens with one attached hydrogen (secondary N) is 2. The number of carbonyl (C=O) groups is 2. The Morgan fingerprint density at radius 1 is 1.00 bits per heavy atom. The average molecular weight is 374 g/mol. The first-order valence-corrected chi connectivity index (χ1v) is 8.36. The van der Waals surface area contributed by atoms with Crippen LogP contribution in [0.1, 0.15) is 9.67 Å². The van der Waals surface area contributed by atoms with Crippen LogP contribution >= 0.6 is 11.3 Å². The molecule has 0 unspecified atom stereocenters. The van der Waals surface area contributed by atoms with E-state index in [9.17, 15) is 14.0 Å². The van der Waals surface area contributed by atoms with Crippen LogP contribution in [0.25, 0.3) is 10.1 Å². The molecule has 0 saturated heterocycles. The number of ether oxygens (including phenoxy) is 2. The van der Waals surface area contributed by atoms with Gasteiger partial charge in [-0.2, -0.15) is 0 Å². The molecule has 3 rings (SSSR count). The Morgan fingerprint density at radius 3 is 2.31 bits per heavy atom. The summed E-state index contributed by atoms with van der Waals surface area (Å²) in [5, 5.41) is 5.99. The number of amides is 2. The molecule has 2 aromatic carbocycles. The molecule has 0 saturated carbocycles. The van der Waals surface area contributed by atoms with Crippen LogP contribution in [0.15, 0.2) is 42.5 Å². The lowest BCUT2D eigenvalue weighted by molar-refractivity contribution is 0.0603. The van der Waals surface area contributed by atoms with Gasteiger partial charge in [0.1, 0.15) is 5.82 Å². The van der Waals surface area contributed by atoms with Crippen LogP contribution in [0.4, 0.5) is 20.6 Å². The summed E-state index contributed by atoms with van der Waals surface area (Å²) in [6.45, 7) is 0. The summed E-state index contributed by atoms with van der Waals surface area (Å²) in [6.07, 6.45) is 0. The first-order valence-electron chi connectivity index (χ1n) is 7.54. The minimum Gasteiger partial charge on any atom is -0.494 e. The summed E-state index contributed by atoms with van der Waals surface area (Å²) in [4.78, 5) is 24.3. The topological polar surface area (TPSA) is 76.7 Å². The smallest absolute Gasteiger partial charge is 0.351 e. The van der Waals surface area contributed by atoms with Crippen LogP contribution < -0.4 is 15.4 Å². The summed E-state index contributed by atoms with van der Waals surface area (Å²) in [6, 6.07) is 10.2. The highest BCUT2D eigenvalue weighted by atomic mass is 32.1. The Morgan fingerprint density at radius 2 is 1.65 bits per heavy atom. The maximum absolute atomic E-state index is 12.9. The van der Waals surface area contributed by atoms with Gasteiger partial charge in [0.2, 0.25) is 0 Å². The number of hydrogen-bond donors (Lipinski definition) is 2. The van der Waals surface area contributed by atoms with Gasteiger partial charge in [-0.25, -0.2) is 14.0 Å². The fraction of sp³-hybridized carbons (Fsp3) is 0.111. The summed E-state index contributed by atoms with van der Waals surface area (Å²) >= 11 is 1.25. The number of methoxy groups -OCH3 is 2. The standard InChI is InChI=1S/C18H15FN2O4S/c1-24-15-13-9-12(7-8-14(13)26-16(15)17(22)25-2)21-18(23)20-11-5-3-10(19)4-6-11/h3-9H,1-2H3,(H2,20,21,23). The molecule has 0 bridgehead atoms. The Balaban J connectivity index is 1.83. The summed E-state index contributed by atoms with van der Waals surface area (Å²) in [7, 11) is 2.77. The first-order chi connectivity index (χ1) is 12.5. The predicted octanol–water partition coefficient (Wildman–Crippen LogP) is 4.48. The summed E-state index contributed by atoms with van der Waals surface area (Å²) < 4.78 is 23.8. The highest BCUT2D eigenvalue weighted by Crippen LogP contribution is 2.39. The lowest BCUT2D eigenvalue weighted by Gasteiger charge is -2.08. The number of anilines is 2. The normalized spacial score (nSPS) is 10.4. The zero-order valence-electron chi connectivity index (χ0n) is 14.0. The van der Waals surface area contributed by atoms with Crippen molar-refractivity contribution in [3.8, 4) is 5.75 Å². The third-order valence-electron chi connectivity index (χ3n) is 3.58. The molecule has 8 heteroatoms. The molecule has 0 spiro atoms. The molecular weight excluding hydrogens is 359 g/mol. The molecule has 0 aliphatic heterocycles. The fourth-order valence-electron chi connectivity index (χ4n) is 2.41. The van der Waals surface area contributed by atoms with E-state index >= 15 is 0 Å². The fourth-order valence-corrected chi connectivity index (χ4v) is 3.48. The van der Waals surface area contributed by atoms with Gasteiger partial charge in [0, 0.05) is 21.5 Å². The van der Waals surface area contributed by atoms with Crippen LogP contribution in [-0.4, -0.2) is 26.2 Å². The molecule has 2 amide bonds. The zero-order valence-corrected chi connectivity index (χ0v) is 14.8. The van der Waals surface area contributed by atoms with Gasteiger partial charge >= 0.3 is 12.0 Å². The van der Waals surface area contributed by atoms with Gasteiger partial charge in [-0.15, -0.1) is 11.3 Å². The van der Waals surface area contributed by atoms with Crippen molar-refractivity contribution in [1.29, 1.82) is 0 Å². The molecule has 1 aromatic heterocycles. The quantitative estimate of drug-likeness (QED) is 0.660. The maximum Gasteiger partial charge on any atom is 0.351 e. The number of esters is 1. The van der Waals surface area contributed by atoms with Crippen LogP contribution in [-0.2, 0) is 4.74 Å². The van der Waals surface area contributed by atoms with Crippen molar-refractivity contribution >= 4 is 44.8 Å². The number of halogens is 1. The van der Waals surface area contributed by atoms with Crippen LogP contribution in [0.5, 0.6) is 5.75 Å². The number of urea groups is 1. The van der Waals surface area contributed by atoms with Crippen molar-refractivity contribution < 1.29 is 23.5 Å². The van der Waals surface area contributed by atoms with E-state index in [-0.39, 0.29) is 5.82 Å². The Hall–Kier alpha value is -3.13. The van der Waals surface area contributed by atoms with Gasteiger partial charge in [0.15, 0.2) is 10.6 Å². The van der Waals surface area contributed by atoms with E-state index in [1.807, 2.05) is 0 Å². The molecule has 134 valence electrons. The van der Waals surface area contributed by atoms with E-state index in [0.717, 1.165) is 4.70 Å². The zero-order chi connectivity index (χ0) is 18.7. The second kappa shape index (κ2) is 7.40. The lowest BCUT2D eigenvalue weighted by Crippen LogP contribution is -2.19. The largest absolute Gasteiger partial charge is 0.494 e. The lowest BCUT2D eigenvalue weighted by atomic mass is 10.2. The molecule has 2 N–H and O–H groups in total. The van der Waals surface area contributed by atoms with Crippen molar-refractivity contribution in [2.24, 2.45) is 0 Å². The van der Waals surface area contributed by atoms with E-state index in [1.165, 1.54) is 49.8 Å². The summed E-state index contributed by atoms with van der Waals surface area (Å²) in [5.41, 5.74) is 0.982. The van der Waals surface area contributed by atoms with E-state index in [0.29, 0.717) is 27.4 Å². The number of rotatable bonds is 4. The van der Waals surface area contributed by atoms with Gasteiger partial charge in [0.25, 0.3) is 0 Å². The van der Waals surface area contributed by atoms with Gasteiger partial charge in [-0.3, -0.25) is 0 Å². The molecular formula is C18H15FN2O4S. The van der Waals surface area contributed by atoms with Crippen molar-refractivity contribution in [1.82, 2.24) is 0 Å². The third kappa shape index (κ3) is 3.60. The van der Waals surface area contributed by atoms with E-state index < -0.39 is 12.0 Å². The third-order valence-corrected chi connectivity index (χ3v) is 4.71. The van der Waals surface area contributed by atoms with Crippen molar-refractivity contribution in [2.75, 3.05) is 24.9 Å². The summed E-state index contributed by atoms with van der Waals surface area (Å²) in [5.74, 6) is -0.460. The number of fused-ring (bicyclic) bond motifs is 1. The van der Waals surface area contributed by atoms with E-state index in [4.69, 9.17) is 9.47 Å². The highest BCUT2D eigenvalue weighted by Gasteiger charge is 2.20. The van der Waals surface area contributed by atoms with Gasteiger partial charge in [-0.05, 0) is 42.5 Å². The number of carbonyl (C=O) groups excluding carboxylic acids is 2. The van der Waals surface area contributed by atoms with Gasteiger partial charge < -0.3 is 20.1 Å². The monoisotopic (exact) mass is 374 g/mol. The minimum atomic E-state index is -0.480. The van der Waals surface area contributed by atoms with Crippen molar-refractivity contribution in [3.63, 3.8) is 0 Å². The minimum absolute atomic E-state index is 0.359. The average Bonchev–Trinajstić information content (AvgIpc) is 3.00. The molecule has 3 aromatic rings. The van der Waals surface area contributed by atoms with Gasteiger partial charge in [0.05, 0.1) is 14.2 Å². The molecule has 6 nitrogen and oxygen atoms in total. The van der Waals surface area contributed by atoms with Crippen LogP contribution in [0, 0.1) is 5.82 Å². The molecule has 26 heavy (non-hydrogen) atoms. The Kier molecular flexibility index (Phi) is 5.04. The SMILES string of the molecule is COC(=O)c1sc2ccc(NC(=O)Nc3ccc(F)cc3)cc2c1OC. The molecule has 0 atom stereocenters. The van der Waals surface area contributed by atoms with Crippen molar-refractivity contribution in [3.05, 3.63) is 53.2 Å². The molecule has 0 aliphatic rings. The Labute approximate surface area is 152 Å². The van der Waals surface area contributed by atoms with Gasteiger partial charge in [-0.1, -0.05) is 0 Å². The molecule has 0 fully saturated rings.